The number of hydrogen-bond acceptors (Lipinski definition) is 5. The van der Waals surface area contributed by atoms with E-state index in [1.54, 1.807) is 5.57 Å². The van der Waals surface area contributed by atoms with Gasteiger partial charge in [-0.25, -0.2) is 0 Å². The molecule has 4 nitrogen and oxygen atoms in total. The zero-order chi connectivity index (χ0) is 21.4. The molecule has 2 N–H and O–H groups in total. The number of allylic oxidation sites excluding steroid dienone is 1. The molecule has 0 aromatic carbocycles. The molecule has 0 unspecified atom stereocenters. The maximum Gasteiger partial charge on any atom is 0.0654 e. The van der Waals surface area contributed by atoms with E-state index in [9.17, 15) is 10.2 Å². The van der Waals surface area contributed by atoms with Crippen LogP contribution in [0.15, 0.2) is 23.8 Å². The molecule has 0 aromatic rings. The Bertz CT molecular complexity index is 571. The van der Waals surface area contributed by atoms with Crippen LogP contribution in [0.2, 0.25) is 0 Å². The van der Waals surface area contributed by atoms with E-state index in [1.807, 2.05) is 6.92 Å². The van der Waals surface area contributed by atoms with Crippen LogP contribution < -0.4 is 0 Å². The highest BCUT2D eigenvalue weighted by Gasteiger charge is 2.43. The summed E-state index contributed by atoms with van der Waals surface area (Å²) in [5, 5.41) is 21.1. The van der Waals surface area contributed by atoms with Gasteiger partial charge in [0.25, 0.3) is 0 Å². The molecule has 1 heterocycles. The van der Waals surface area contributed by atoms with Crippen molar-refractivity contribution in [2.75, 3.05) is 44.4 Å². The van der Waals surface area contributed by atoms with Crippen molar-refractivity contribution in [3.63, 3.8) is 0 Å². The SMILES string of the molecule is CCCC[C@](C)(O)CC=C[C@@H]1[C@H]2CC(CSCCCN3CCOCC3)=C[C@H]2C[C@H]1O. The van der Waals surface area contributed by atoms with Crippen LogP contribution >= 0.6 is 11.8 Å². The van der Waals surface area contributed by atoms with Crippen LogP contribution in [0, 0.1) is 17.8 Å². The van der Waals surface area contributed by atoms with Crippen LogP contribution in [0.25, 0.3) is 0 Å². The first kappa shape index (κ1) is 24.3. The van der Waals surface area contributed by atoms with Crippen molar-refractivity contribution in [2.45, 2.75) is 70.5 Å². The van der Waals surface area contributed by atoms with Crippen molar-refractivity contribution < 1.29 is 14.9 Å². The second-order valence-electron chi connectivity index (χ2n) is 9.83. The Morgan fingerprint density at radius 3 is 2.87 bits per heavy atom. The third kappa shape index (κ3) is 7.37. The Labute approximate surface area is 188 Å². The highest BCUT2D eigenvalue weighted by atomic mass is 32.2. The van der Waals surface area contributed by atoms with Crippen LogP contribution in [0.1, 0.15) is 58.8 Å². The molecule has 0 radical (unpaired) electrons. The van der Waals surface area contributed by atoms with E-state index in [1.165, 1.54) is 18.7 Å². The highest BCUT2D eigenvalue weighted by Crippen LogP contribution is 2.47. The van der Waals surface area contributed by atoms with Gasteiger partial charge in [-0.1, -0.05) is 43.6 Å². The Morgan fingerprint density at radius 1 is 1.30 bits per heavy atom. The van der Waals surface area contributed by atoms with Gasteiger partial charge in [0.1, 0.15) is 0 Å². The standard InChI is InChI=1S/C25H43NO3S/c1-3-4-8-25(2,28)9-5-7-22-23-17-20(16-21(23)18-24(22)27)19-30-15-6-10-26-11-13-29-14-12-26/h5,7,16,21-24,27-28H,3-4,6,8-15,17-19H2,1-2H3/t21-,22+,23-,24+,25-/m0/s1. The number of rotatable bonds is 12. The quantitative estimate of drug-likeness (QED) is 0.353. The van der Waals surface area contributed by atoms with E-state index < -0.39 is 5.60 Å². The number of nitrogens with zero attached hydrogens (tertiary/aromatic N) is 1. The van der Waals surface area contributed by atoms with Crippen molar-refractivity contribution in [1.82, 2.24) is 4.90 Å². The number of unbranched alkanes of at least 4 members (excludes halogenated alkanes) is 1. The van der Waals surface area contributed by atoms with Gasteiger partial charge in [-0.3, -0.25) is 4.90 Å². The summed E-state index contributed by atoms with van der Waals surface area (Å²) in [6.07, 6.45) is 13.6. The molecule has 1 saturated heterocycles. The van der Waals surface area contributed by atoms with Gasteiger partial charge in [-0.05, 0) is 63.2 Å². The number of fused-ring (bicyclic) bond motifs is 1. The van der Waals surface area contributed by atoms with Crippen molar-refractivity contribution in [3.05, 3.63) is 23.8 Å². The van der Waals surface area contributed by atoms with Crippen molar-refractivity contribution >= 4 is 11.8 Å². The van der Waals surface area contributed by atoms with E-state index >= 15 is 0 Å². The smallest absolute Gasteiger partial charge is 0.0654 e. The third-order valence-corrected chi connectivity index (χ3v) is 8.24. The van der Waals surface area contributed by atoms with Crippen molar-refractivity contribution in [3.8, 4) is 0 Å². The second kappa shape index (κ2) is 12.1. The van der Waals surface area contributed by atoms with Gasteiger partial charge in [-0.2, -0.15) is 11.8 Å². The summed E-state index contributed by atoms with van der Waals surface area (Å²) in [4.78, 5) is 2.52. The van der Waals surface area contributed by atoms with E-state index in [0.717, 1.165) is 64.2 Å². The minimum atomic E-state index is -0.619. The second-order valence-corrected chi connectivity index (χ2v) is 10.9. The average molecular weight is 438 g/mol. The van der Waals surface area contributed by atoms with E-state index in [-0.39, 0.29) is 12.0 Å². The zero-order valence-electron chi connectivity index (χ0n) is 19.1. The minimum absolute atomic E-state index is 0.226. The van der Waals surface area contributed by atoms with Gasteiger partial charge < -0.3 is 14.9 Å². The van der Waals surface area contributed by atoms with Crippen molar-refractivity contribution in [2.24, 2.45) is 17.8 Å². The number of morpholine rings is 1. The summed E-state index contributed by atoms with van der Waals surface area (Å²) in [5.41, 5.74) is 0.966. The molecular formula is C25H43NO3S. The molecule has 5 atom stereocenters. The molecule has 0 amide bonds. The molecule has 3 rings (SSSR count). The fraction of sp³-hybridized carbons (Fsp3) is 0.840. The number of thioether (sulfide) groups is 1. The molecule has 30 heavy (non-hydrogen) atoms. The van der Waals surface area contributed by atoms with E-state index in [0.29, 0.717) is 18.3 Å². The summed E-state index contributed by atoms with van der Waals surface area (Å²) in [7, 11) is 0. The molecule has 1 saturated carbocycles. The van der Waals surface area contributed by atoms with Crippen LogP contribution in [0.5, 0.6) is 0 Å². The van der Waals surface area contributed by atoms with Crippen LogP contribution in [0.4, 0.5) is 0 Å². The first-order valence-corrected chi connectivity index (χ1v) is 13.3. The number of hydrogen-bond donors (Lipinski definition) is 2. The first-order chi connectivity index (χ1) is 14.5. The van der Waals surface area contributed by atoms with Gasteiger partial charge in [0.15, 0.2) is 0 Å². The number of aliphatic hydroxyl groups is 2. The van der Waals surface area contributed by atoms with Gasteiger partial charge in [0.2, 0.25) is 0 Å². The lowest BCUT2D eigenvalue weighted by molar-refractivity contribution is 0.0381. The van der Waals surface area contributed by atoms with Crippen molar-refractivity contribution in [1.29, 1.82) is 0 Å². The molecule has 1 aliphatic heterocycles. The molecule has 5 heteroatoms. The maximum absolute atomic E-state index is 10.6. The van der Waals surface area contributed by atoms with Crippen LogP contribution in [-0.2, 0) is 4.74 Å². The molecule has 2 aliphatic carbocycles. The molecule has 3 aliphatic rings. The summed E-state index contributed by atoms with van der Waals surface area (Å²) in [6.45, 7) is 9.25. The van der Waals surface area contributed by atoms with E-state index in [4.69, 9.17) is 4.74 Å². The maximum atomic E-state index is 10.6. The molecule has 2 fully saturated rings. The topological polar surface area (TPSA) is 52.9 Å². The lowest BCUT2D eigenvalue weighted by atomic mass is 9.88. The Hall–Kier alpha value is -0.330. The van der Waals surface area contributed by atoms with Crippen LogP contribution in [-0.4, -0.2) is 71.2 Å². The van der Waals surface area contributed by atoms with Crippen LogP contribution in [0.3, 0.4) is 0 Å². The van der Waals surface area contributed by atoms with Gasteiger partial charge in [-0.15, -0.1) is 0 Å². The normalized spacial score (nSPS) is 31.8. The van der Waals surface area contributed by atoms with Gasteiger partial charge in [0, 0.05) is 24.8 Å². The lowest BCUT2D eigenvalue weighted by Gasteiger charge is -2.26. The predicted octanol–water partition coefficient (Wildman–Crippen LogP) is 4.27. The summed E-state index contributed by atoms with van der Waals surface area (Å²) < 4.78 is 5.41. The van der Waals surface area contributed by atoms with Gasteiger partial charge >= 0.3 is 0 Å². The molecular weight excluding hydrogens is 394 g/mol. The highest BCUT2D eigenvalue weighted by molar-refractivity contribution is 7.99. The fourth-order valence-corrected chi connectivity index (χ4v) is 6.22. The summed E-state index contributed by atoms with van der Waals surface area (Å²) in [5.74, 6) is 3.72. The monoisotopic (exact) mass is 437 g/mol. The Morgan fingerprint density at radius 2 is 2.10 bits per heavy atom. The number of ether oxygens (including phenoxy) is 1. The Balaban J connectivity index is 1.36. The largest absolute Gasteiger partial charge is 0.392 e. The molecule has 0 spiro atoms. The molecule has 0 aromatic heterocycles. The minimum Gasteiger partial charge on any atom is -0.392 e. The Kier molecular flexibility index (Phi) is 9.77. The molecule has 0 bridgehead atoms. The lowest BCUT2D eigenvalue weighted by Crippen LogP contribution is -2.36. The average Bonchev–Trinajstić information content (AvgIpc) is 3.24. The first-order valence-electron chi connectivity index (χ1n) is 12.1. The number of aliphatic hydroxyl groups excluding tert-OH is 1. The third-order valence-electron chi connectivity index (χ3n) is 7.09. The summed E-state index contributed by atoms with van der Waals surface area (Å²) >= 11 is 2.07. The summed E-state index contributed by atoms with van der Waals surface area (Å²) in [6, 6.07) is 0. The zero-order valence-corrected chi connectivity index (χ0v) is 19.9. The van der Waals surface area contributed by atoms with Gasteiger partial charge in [0.05, 0.1) is 24.9 Å². The predicted molar refractivity (Wildman–Crippen MR) is 127 cm³/mol. The molecule has 172 valence electrons. The van der Waals surface area contributed by atoms with E-state index in [2.05, 4.69) is 41.8 Å². The fourth-order valence-electron chi connectivity index (χ4n) is 5.27.